The molecule has 0 aliphatic heterocycles. The number of rotatable bonds is 28. The number of aromatic nitrogens is 2. The number of hydrogen-bond acceptors (Lipinski definition) is 0. The number of hydrogen-bond donors (Lipinski definition) is 0. The molecule has 2 nitrogen and oxygen atoms in total. The van der Waals surface area contributed by atoms with E-state index >= 15 is 0 Å². The Kier molecular flexibility index (Phi) is 28.1. The molecule has 0 aromatic carbocycles. The van der Waals surface area contributed by atoms with Crippen LogP contribution < -0.4 is 17.0 Å². The van der Waals surface area contributed by atoms with Crippen LogP contribution in [0.15, 0.2) is 18.7 Å². The van der Waals surface area contributed by atoms with Crippen LogP contribution in [0.5, 0.6) is 0 Å². The quantitative estimate of drug-likeness (QED) is 0.0747. The summed E-state index contributed by atoms with van der Waals surface area (Å²) in [6, 6.07) is 0.710. The molecule has 0 fully saturated rings. The molecule has 0 amide bonds. The van der Waals surface area contributed by atoms with Crippen LogP contribution in [0.4, 0.5) is 0 Å². The molecular weight excluding hydrogens is 472 g/mol. The molecule has 1 unspecified atom stereocenters. The molecule has 0 aliphatic rings. The maximum Gasteiger partial charge on any atom is 0.243 e. The van der Waals surface area contributed by atoms with Gasteiger partial charge >= 0.3 is 0 Å². The van der Waals surface area contributed by atoms with E-state index < -0.39 is 0 Å². The monoisotopic (exact) mass is 538 g/mol. The molecule has 220 valence electrons. The summed E-state index contributed by atoms with van der Waals surface area (Å²) in [4.78, 5) is 0. The van der Waals surface area contributed by atoms with Crippen LogP contribution in [0.2, 0.25) is 0 Å². The van der Waals surface area contributed by atoms with Gasteiger partial charge in [-0.15, -0.1) is 0 Å². The first kappa shape index (κ1) is 36.5. The maximum atomic E-state index is 2.50. The van der Waals surface area contributed by atoms with Crippen LogP contribution >= 0.6 is 0 Å². The van der Waals surface area contributed by atoms with Crippen LogP contribution in [0.3, 0.4) is 0 Å². The van der Waals surface area contributed by atoms with E-state index in [0.717, 1.165) is 0 Å². The zero-order chi connectivity index (χ0) is 25.9. The predicted octanol–water partition coefficient (Wildman–Crippen LogP) is 8.43. The van der Waals surface area contributed by atoms with Crippen molar-refractivity contribution in [1.29, 1.82) is 0 Å². The first-order valence-corrected chi connectivity index (χ1v) is 16.8. The summed E-state index contributed by atoms with van der Waals surface area (Å²) < 4.78 is 4.71. The van der Waals surface area contributed by atoms with Gasteiger partial charge in [0, 0.05) is 0 Å². The molecule has 0 N–H and O–H groups in total. The average Bonchev–Trinajstić information content (AvgIpc) is 3.32. The van der Waals surface area contributed by atoms with E-state index in [4.69, 9.17) is 0 Å². The summed E-state index contributed by atoms with van der Waals surface area (Å²) in [5.74, 6) is 0. The van der Waals surface area contributed by atoms with Gasteiger partial charge in [0.25, 0.3) is 0 Å². The predicted molar refractivity (Wildman–Crippen MR) is 161 cm³/mol. The van der Waals surface area contributed by atoms with E-state index in [1.54, 1.807) is 0 Å². The number of halogens is 1. The topological polar surface area (TPSA) is 8.81 Å². The minimum absolute atomic E-state index is 0. The van der Waals surface area contributed by atoms with E-state index in [-0.39, 0.29) is 12.4 Å². The third-order valence-corrected chi connectivity index (χ3v) is 8.24. The Morgan fingerprint density at radius 3 is 1.05 bits per heavy atom. The molecule has 0 saturated carbocycles. The average molecular weight is 539 g/mol. The van der Waals surface area contributed by atoms with Gasteiger partial charge in [0.1, 0.15) is 18.4 Å². The second-order valence-electron chi connectivity index (χ2n) is 11.9. The van der Waals surface area contributed by atoms with Crippen molar-refractivity contribution in [2.75, 3.05) is 0 Å². The van der Waals surface area contributed by atoms with Crippen molar-refractivity contribution in [1.82, 2.24) is 4.57 Å². The fourth-order valence-corrected chi connectivity index (χ4v) is 5.75. The smallest absolute Gasteiger partial charge is 0.243 e. The Morgan fingerprint density at radius 2 is 0.784 bits per heavy atom. The third-order valence-electron chi connectivity index (χ3n) is 8.24. The first-order chi connectivity index (χ1) is 17.8. The van der Waals surface area contributed by atoms with Gasteiger partial charge < -0.3 is 12.4 Å². The number of imidazole rings is 1. The lowest BCUT2D eigenvalue weighted by Gasteiger charge is -2.14. The van der Waals surface area contributed by atoms with Crippen LogP contribution in [0, 0.1) is 0 Å². The van der Waals surface area contributed by atoms with Crippen LogP contribution in [-0.2, 0) is 7.05 Å². The summed E-state index contributed by atoms with van der Waals surface area (Å²) in [6.45, 7) is 4.61. The molecule has 1 aromatic rings. The van der Waals surface area contributed by atoms with Crippen molar-refractivity contribution in [2.24, 2.45) is 7.05 Å². The Labute approximate surface area is 240 Å². The highest BCUT2D eigenvalue weighted by atomic mass is 35.5. The van der Waals surface area contributed by atoms with Crippen LogP contribution in [-0.4, -0.2) is 4.57 Å². The summed E-state index contributed by atoms with van der Waals surface area (Å²) in [7, 11) is 2.16. The van der Waals surface area contributed by atoms with E-state index in [2.05, 4.69) is 48.8 Å². The molecule has 1 rings (SSSR count). The lowest BCUT2D eigenvalue weighted by atomic mass is 9.99. The Hall–Kier alpha value is -0.500. The molecule has 37 heavy (non-hydrogen) atoms. The lowest BCUT2D eigenvalue weighted by molar-refractivity contribution is -0.671. The second-order valence-corrected chi connectivity index (χ2v) is 11.9. The van der Waals surface area contributed by atoms with Crippen molar-refractivity contribution >= 4 is 0 Å². The van der Waals surface area contributed by atoms with Crippen molar-refractivity contribution < 1.29 is 17.0 Å². The van der Waals surface area contributed by atoms with E-state index in [9.17, 15) is 0 Å². The summed E-state index contributed by atoms with van der Waals surface area (Å²) in [5.41, 5.74) is 0. The van der Waals surface area contributed by atoms with Crippen molar-refractivity contribution in [3.05, 3.63) is 18.7 Å². The molecule has 1 atom stereocenters. The fourth-order valence-electron chi connectivity index (χ4n) is 5.75. The molecule has 3 heteroatoms. The SMILES string of the molecule is CCCCCCCCCCCCCCCCC(CCCCCCCCCCCCC)n1cc[n+](C)c1.[Cl-]. The first-order valence-electron chi connectivity index (χ1n) is 16.8. The minimum Gasteiger partial charge on any atom is -1.00 e. The minimum atomic E-state index is 0. The summed E-state index contributed by atoms with van der Waals surface area (Å²) in [5, 5.41) is 0. The van der Waals surface area contributed by atoms with Gasteiger partial charge in [-0.05, 0) is 25.7 Å². The Balaban J connectivity index is 0.0000130. The molecule has 0 radical (unpaired) electrons. The zero-order valence-electron chi connectivity index (χ0n) is 25.7. The number of unbranched alkanes of at least 4 members (excludes halogenated alkanes) is 23. The van der Waals surface area contributed by atoms with Gasteiger partial charge in [-0.25, -0.2) is 9.13 Å². The van der Waals surface area contributed by atoms with Crippen LogP contribution in [0.1, 0.15) is 193 Å². The molecular formula is C34H67ClN2. The number of nitrogens with zero attached hydrogens (tertiary/aromatic N) is 2. The standard InChI is InChI=1S/C34H67N2.ClH/c1-4-6-8-10-12-14-16-17-18-20-22-24-26-28-30-34(36-32-31-35(3)33-36)29-27-25-23-21-19-15-13-11-9-7-5-2;/h31-34H,4-30H2,1-3H3;1H/q+1;/p-1. The maximum absolute atomic E-state index is 2.50. The third kappa shape index (κ3) is 23.1. The molecule has 0 bridgehead atoms. The lowest BCUT2D eigenvalue weighted by Crippen LogP contribution is -3.00. The molecule has 1 aromatic heterocycles. The second kappa shape index (κ2) is 28.5. The van der Waals surface area contributed by atoms with E-state index in [1.165, 1.54) is 173 Å². The van der Waals surface area contributed by atoms with Gasteiger partial charge in [-0.1, -0.05) is 162 Å². The number of aryl methyl sites for hydroxylation is 1. The highest BCUT2D eigenvalue weighted by Crippen LogP contribution is 2.23. The molecule has 0 saturated heterocycles. The zero-order valence-corrected chi connectivity index (χ0v) is 26.4. The molecule has 0 aliphatic carbocycles. The van der Waals surface area contributed by atoms with E-state index in [0.29, 0.717) is 6.04 Å². The summed E-state index contributed by atoms with van der Waals surface area (Å²) >= 11 is 0. The highest BCUT2D eigenvalue weighted by molar-refractivity contribution is 4.75. The van der Waals surface area contributed by atoms with Crippen molar-refractivity contribution in [3.8, 4) is 0 Å². The van der Waals surface area contributed by atoms with Gasteiger partial charge in [-0.2, -0.15) is 0 Å². The highest BCUT2D eigenvalue weighted by Gasteiger charge is 2.15. The molecule has 0 spiro atoms. The van der Waals surface area contributed by atoms with Crippen molar-refractivity contribution in [2.45, 2.75) is 193 Å². The Bertz CT molecular complexity index is 556. The van der Waals surface area contributed by atoms with Gasteiger partial charge in [-0.3, -0.25) is 0 Å². The largest absolute Gasteiger partial charge is 1.00 e. The van der Waals surface area contributed by atoms with Crippen LogP contribution in [0.25, 0.3) is 0 Å². The fraction of sp³-hybridized carbons (Fsp3) is 0.912. The Morgan fingerprint density at radius 1 is 0.486 bits per heavy atom. The van der Waals surface area contributed by atoms with Gasteiger partial charge in [0.05, 0.1) is 7.05 Å². The summed E-state index contributed by atoms with van der Waals surface area (Å²) in [6.07, 6.45) is 45.6. The van der Waals surface area contributed by atoms with Crippen molar-refractivity contribution in [3.63, 3.8) is 0 Å². The molecule has 1 heterocycles. The van der Waals surface area contributed by atoms with E-state index in [1.807, 2.05) is 0 Å². The normalized spacial score (nSPS) is 12.1. The van der Waals surface area contributed by atoms with Gasteiger partial charge in [0.2, 0.25) is 6.33 Å². The van der Waals surface area contributed by atoms with Gasteiger partial charge in [0.15, 0.2) is 0 Å².